The second-order valence-corrected chi connectivity index (χ2v) is 10.9. The number of carbonyl (C=O) groups is 1. The Labute approximate surface area is 176 Å². The molecule has 2 N–H and O–H groups in total. The number of aromatic amines is 1. The molecular formula is C19H26BN3O6S. The zero-order valence-electron chi connectivity index (χ0n) is 17.5. The fourth-order valence-corrected chi connectivity index (χ4v) is 5.96. The molecule has 162 valence electrons. The smallest absolute Gasteiger partial charge is 0.443 e. The summed E-state index contributed by atoms with van der Waals surface area (Å²) in [5, 5.41) is 11.2. The first-order valence-corrected chi connectivity index (χ1v) is 11.7. The third kappa shape index (κ3) is 3.38. The van der Waals surface area contributed by atoms with Gasteiger partial charge in [-0.05, 0) is 38.8 Å². The van der Waals surface area contributed by atoms with Gasteiger partial charge < -0.3 is 19.4 Å². The largest absolute Gasteiger partial charge is 0.493 e. The highest BCUT2D eigenvalue weighted by Gasteiger charge is 2.59. The molecule has 0 saturated heterocycles. The Kier molecular flexibility index (Phi) is 4.91. The normalized spacial score (nSPS) is 23.5. The number of sulfonamides is 1. The van der Waals surface area contributed by atoms with Crippen molar-refractivity contribution < 1.29 is 27.6 Å². The van der Waals surface area contributed by atoms with E-state index in [0.717, 1.165) is 15.3 Å². The third-order valence-electron chi connectivity index (χ3n) is 5.47. The van der Waals surface area contributed by atoms with Crippen molar-refractivity contribution in [2.24, 2.45) is 0 Å². The summed E-state index contributed by atoms with van der Waals surface area (Å²) in [7, 11) is -4.99. The first kappa shape index (κ1) is 21.1. The van der Waals surface area contributed by atoms with E-state index in [2.05, 4.69) is 9.97 Å². The van der Waals surface area contributed by atoms with E-state index < -0.39 is 40.5 Å². The van der Waals surface area contributed by atoms with Crippen molar-refractivity contribution >= 4 is 39.7 Å². The van der Waals surface area contributed by atoms with Gasteiger partial charge in [0, 0.05) is 36.1 Å². The highest BCUT2D eigenvalue weighted by molar-refractivity contribution is 7.89. The van der Waals surface area contributed by atoms with E-state index >= 15 is 0 Å². The van der Waals surface area contributed by atoms with Crippen molar-refractivity contribution in [3.63, 3.8) is 0 Å². The molecule has 9 nitrogen and oxygen atoms in total. The standard InChI is InChI=1S/C19H26BN3O6S/c1-5-8-30(26,27)23(17(24)28-18(2,3)4)12-9-19(10-12)15-13-6-7-21-16(13)22-11-14(15)20(25)29-19/h6-7,11-12,25H,5,8-10H2,1-4H3,(H,21,22). The number of carbonyl (C=O) groups excluding carboxylic acids is 1. The van der Waals surface area contributed by atoms with Crippen molar-refractivity contribution in [2.45, 2.75) is 64.2 Å². The Bertz CT molecular complexity index is 1090. The number of nitrogens with one attached hydrogen (secondary N) is 1. The number of hydrogen-bond donors (Lipinski definition) is 2. The monoisotopic (exact) mass is 435 g/mol. The molecule has 1 aliphatic carbocycles. The van der Waals surface area contributed by atoms with Crippen molar-refractivity contribution in [3.8, 4) is 0 Å². The van der Waals surface area contributed by atoms with Crippen LogP contribution in [0.1, 0.15) is 52.5 Å². The summed E-state index contributed by atoms with van der Waals surface area (Å²) in [6, 6.07) is 1.24. The van der Waals surface area contributed by atoms with Crippen LogP contribution in [0.2, 0.25) is 0 Å². The fourth-order valence-electron chi connectivity index (χ4n) is 4.38. The number of rotatable bonds is 4. The average molecular weight is 435 g/mol. The number of ether oxygens (including phenoxy) is 1. The molecule has 1 saturated carbocycles. The van der Waals surface area contributed by atoms with Crippen LogP contribution in [-0.2, 0) is 25.0 Å². The van der Waals surface area contributed by atoms with Crippen molar-refractivity contribution in [3.05, 3.63) is 24.0 Å². The number of fused-ring (bicyclic) bond motifs is 4. The number of amides is 1. The lowest BCUT2D eigenvalue weighted by atomic mass is 9.69. The lowest BCUT2D eigenvalue weighted by Gasteiger charge is -2.49. The van der Waals surface area contributed by atoms with Gasteiger partial charge in [0.25, 0.3) is 0 Å². The van der Waals surface area contributed by atoms with Crippen molar-refractivity contribution in [1.29, 1.82) is 0 Å². The Morgan fingerprint density at radius 2 is 2.17 bits per heavy atom. The summed E-state index contributed by atoms with van der Waals surface area (Å²) >= 11 is 0. The van der Waals surface area contributed by atoms with Gasteiger partial charge in [0.1, 0.15) is 11.2 Å². The molecule has 0 radical (unpaired) electrons. The minimum atomic E-state index is -3.85. The van der Waals surface area contributed by atoms with Gasteiger partial charge >= 0.3 is 13.2 Å². The van der Waals surface area contributed by atoms with Gasteiger partial charge in [0.05, 0.1) is 17.4 Å². The Morgan fingerprint density at radius 1 is 1.47 bits per heavy atom. The molecule has 0 unspecified atom stereocenters. The first-order valence-electron chi connectivity index (χ1n) is 10.0. The molecule has 2 aromatic heterocycles. The predicted molar refractivity (Wildman–Crippen MR) is 112 cm³/mol. The highest BCUT2D eigenvalue weighted by Crippen LogP contribution is 2.51. The molecule has 0 bridgehead atoms. The van der Waals surface area contributed by atoms with Gasteiger partial charge in [-0.1, -0.05) is 6.92 Å². The molecule has 3 heterocycles. The number of H-pyrrole nitrogens is 1. The van der Waals surface area contributed by atoms with E-state index in [9.17, 15) is 18.2 Å². The first-order chi connectivity index (χ1) is 14.0. The van der Waals surface area contributed by atoms with Crippen LogP contribution in [0.5, 0.6) is 0 Å². The van der Waals surface area contributed by atoms with Gasteiger partial charge in [0.15, 0.2) is 0 Å². The maximum absolute atomic E-state index is 12.9. The van der Waals surface area contributed by atoms with Crippen LogP contribution in [0.3, 0.4) is 0 Å². The van der Waals surface area contributed by atoms with E-state index in [-0.39, 0.29) is 18.6 Å². The van der Waals surface area contributed by atoms with Crippen LogP contribution in [-0.4, -0.2) is 58.3 Å². The maximum Gasteiger partial charge on any atom is 0.493 e. The molecule has 2 aromatic rings. The molecule has 0 atom stereocenters. The molecule has 30 heavy (non-hydrogen) atoms. The summed E-state index contributed by atoms with van der Waals surface area (Å²) in [5.74, 6) is -0.151. The topological polar surface area (TPSA) is 122 Å². The summed E-state index contributed by atoms with van der Waals surface area (Å²) in [6.45, 7) is 6.83. The molecular weight excluding hydrogens is 409 g/mol. The van der Waals surface area contributed by atoms with Crippen LogP contribution in [0.4, 0.5) is 4.79 Å². The zero-order chi connectivity index (χ0) is 21.9. The molecule has 2 aliphatic rings. The van der Waals surface area contributed by atoms with E-state index in [0.29, 0.717) is 17.5 Å². The third-order valence-corrected chi connectivity index (χ3v) is 7.44. The fraction of sp³-hybridized carbons (Fsp3) is 0.579. The molecule has 1 amide bonds. The van der Waals surface area contributed by atoms with Crippen molar-refractivity contribution in [1.82, 2.24) is 14.3 Å². The number of nitrogens with zero attached hydrogens (tertiary/aromatic N) is 2. The van der Waals surface area contributed by atoms with Crippen LogP contribution >= 0.6 is 0 Å². The van der Waals surface area contributed by atoms with Crippen molar-refractivity contribution in [2.75, 3.05) is 5.75 Å². The van der Waals surface area contributed by atoms with Crippen LogP contribution in [0, 0.1) is 0 Å². The van der Waals surface area contributed by atoms with Crippen LogP contribution in [0.25, 0.3) is 11.0 Å². The van der Waals surface area contributed by atoms with E-state index in [1.54, 1.807) is 40.1 Å². The molecule has 1 spiro atoms. The predicted octanol–water partition coefficient (Wildman–Crippen LogP) is 1.62. The minimum Gasteiger partial charge on any atom is -0.443 e. The quantitative estimate of drug-likeness (QED) is 0.700. The van der Waals surface area contributed by atoms with E-state index in [1.165, 1.54) is 0 Å². The molecule has 1 aliphatic heterocycles. The Morgan fingerprint density at radius 3 is 2.80 bits per heavy atom. The number of hydrogen-bond acceptors (Lipinski definition) is 7. The van der Waals surface area contributed by atoms with E-state index in [1.807, 2.05) is 6.07 Å². The lowest BCUT2D eigenvalue weighted by molar-refractivity contribution is -0.0616. The Hall–Kier alpha value is -2.11. The second kappa shape index (κ2) is 6.96. The van der Waals surface area contributed by atoms with Gasteiger partial charge in [-0.15, -0.1) is 0 Å². The molecule has 1 fully saturated rings. The van der Waals surface area contributed by atoms with Gasteiger partial charge in [-0.3, -0.25) is 0 Å². The number of aromatic nitrogens is 2. The van der Waals surface area contributed by atoms with Crippen LogP contribution in [0.15, 0.2) is 18.5 Å². The SMILES string of the molecule is CCCS(=O)(=O)N(C(=O)OC(C)(C)C)C1CC2(C1)OB(O)c1cnc3[nH]ccc3c12. The zero-order valence-corrected chi connectivity index (χ0v) is 18.3. The molecule has 11 heteroatoms. The maximum atomic E-state index is 12.9. The number of pyridine rings is 1. The summed E-state index contributed by atoms with van der Waals surface area (Å²) in [4.78, 5) is 20.2. The van der Waals surface area contributed by atoms with Gasteiger partial charge in [-0.25, -0.2) is 22.5 Å². The van der Waals surface area contributed by atoms with Crippen LogP contribution < -0.4 is 5.46 Å². The summed E-state index contributed by atoms with van der Waals surface area (Å²) in [5.41, 5.74) is 0.339. The average Bonchev–Trinajstić information content (AvgIpc) is 3.15. The molecule has 4 rings (SSSR count). The lowest BCUT2D eigenvalue weighted by Crippen LogP contribution is -2.58. The Balaban J connectivity index is 1.67. The highest BCUT2D eigenvalue weighted by atomic mass is 32.2. The summed E-state index contributed by atoms with van der Waals surface area (Å²) in [6.07, 6.45) is 3.31. The second-order valence-electron chi connectivity index (χ2n) is 8.95. The minimum absolute atomic E-state index is 0.151. The van der Waals surface area contributed by atoms with Gasteiger partial charge in [0.2, 0.25) is 10.0 Å². The molecule has 0 aromatic carbocycles. The van der Waals surface area contributed by atoms with Gasteiger partial charge in [-0.2, -0.15) is 0 Å². The van der Waals surface area contributed by atoms with E-state index in [4.69, 9.17) is 9.39 Å². The summed E-state index contributed by atoms with van der Waals surface area (Å²) < 4.78 is 38.0.